The maximum Gasteiger partial charge on any atom is 0.253 e. The van der Waals surface area contributed by atoms with Gasteiger partial charge in [0.2, 0.25) is 0 Å². The average molecular weight is 452 g/mol. The number of hydrogen-bond acceptors (Lipinski definition) is 9. The maximum atomic E-state index is 9.72. The Balaban J connectivity index is 1.62. The van der Waals surface area contributed by atoms with E-state index in [1.54, 1.807) is 12.2 Å². The minimum Gasteiger partial charge on any atom is -0.496 e. The Morgan fingerprint density at radius 1 is 1.09 bits per heavy atom. The van der Waals surface area contributed by atoms with Crippen molar-refractivity contribution in [2.45, 2.75) is 32.4 Å². The quantitative estimate of drug-likeness (QED) is 0.628. The molecule has 2 aliphatic heterocycles. The topological polar surface area (TPSA) is 93.1 Å². The molecule has 0 radical (unpaired) electrons. The molecule has 0 unspecified atom stereocenters. The van der Waals surface area contributed by atoms with E-state index in [2.05, 4.69) is 11.8 Å². The molecule has 3 aromatic rings. The van der Waals surface area contributed by atoms with Gasteiger partial charge in [0.1, 0.15) is 11.6 Å². The summed E-state index contributed by atoms with van der Waals surface area (Å²) in [4.78, 5) is 22.7. The summed E-state index contributed by atoms with van der Waals surface area (Å²) < 4.78 is 11.0. The van der Waals surface area contributed by atoms with Gasteiger partial charge >= 0.3 is 0 Å². The van der Waals surface area contributed by atoms with Crippen LogP contribution in [0.2, 0.25) is 0 Å². The average Bonchev–Trinajstić information content (AvgIpc) is 2.88. The number of nitrogens with zero attached hydrogens (tertiary/aromatic N) is 5. The standard InChI is InChI=1S/C24H29N5O4/c1-16-15-32-12-10-28(16)23-19-6-7-20(17-5-8-21(31-2)18(13-17)14-30)25-22(19)26-24(27-23)29-9-3-4-11-33-29/h5-8,13,16,30H,3-4,9-12,14-15H2,1-2H3/t16-/m0/s1. The number of ether oxygens (including phenoxy) is 2. The van der Waals surface area contributed by atoms with Crippen molar-refractivity contribution in [3.05, 3.63) is 35.9 Å². The van der Waals surface area contributed by atoms with Gasteiger partial charge in [-0.1, -0.05) is 0 Å². The van der Waals surface area contributed by atoms with Gasteiger partial charge in [-0.05, 0) is 50.1 Å². The number of pyridine rings is 1. The highest BCUT2D eigenvalue weighted by atomic mass is 16.7. The van der Waals surface area contributed by atoms with Crippen LogP contribution in [0.4, 0.5) is 11.8 Å². The molecule has 0 bridgehead atoms. The Morgan fingerprint density at radius 3 is 2.76 bits per heavy atom. The van der Waals surface area contributed by atoms with Crippen molar-refractivity contribution in [3.8, 4) is 17.0 Å². The van der Waals surface area contributed by atoms with Gasteiger partial charge in [0.15, 0.2) is 5.65 Å². The second-order valence-corrected chi connectivity index (χ2v) is 8.36. The van der Waals surface area contributed by atoms with Crippen LogP contribution in [0.5, 0.6) is 5.75 Å². The minimum absolute atomic E-state index is 0.109. The van der Waals surface area contributed by atoms with Crippen molar-refractivity contribution >= 4 is 22.8 Å². The van der Waals surface area contributed by atoms with Gasteiger partial charge in [-0.15, -0.1) is 0 Å². The van der Waals surface area contributed by atoms with Crippen LogP contribution >= 0.6 is 0 Å². The third-order valence-electron chi connectivity index (χ3n) is 6.14. The molecule has 0 amide bonds. The molecule has 1 N–H and O–H groups in total. The smallest absolute Gasteiger partial charge is 0.253 e. The molecule has 2 aliphatic rings. The Labute approximate surface area is 192 Å². The summed E-state index contributed by atoms with van der Waals surface area (Å²) >= 11 is 0. The first-order valence-electron chi connectivity index (χ1n) is 11.4. The number of morpholine rings is 1. The Morgan fingerprint density at radius 2 is 2.00 bits per heavy atom. The number of fused-ring (bicyclic) bond motifs is 1. The zero-order chi connectivity index (χ0) is 22.8. The molecule has 2 saturated heterocycles. The lowest BCUT2D eigenvalue weighted by Gasteiger charge is -2.35. The molecule has 1 atom stereocenters. The number of aliphatic hydroxyl groups is 1. The molecule has 174 valence electrons. The van der Waals surface area contributed by atoms with Crippen LogP contribution in [-0.2, 0) is 16.2 Å². The predicted molar refractivity (Wildman–Crippen MR) is 125 cm³/mol. The molecule has 0 spiro atoms. The monoisotopic (exact) mass is 451 g/mol. The third-order valence-corrected chi connectivity index (χ3v) is 6.14. The molecule has 1 aromatic carbocycles. The van der Waals surface area contributed by atoms with Gasteiger partial charge in [-0.2, -0.15) is 9.97 Å². The van der Waals surface area contributed by atoms with Gasteiger partial charge in [0.25, 0.3) is 5.95 Å². The first-order valence-corrected chi connectivity index (χ1v) is 11.4. The second kappa shape index (κ2) is 9.46. The van der Waals surface area contributed by atoms with E-state index in [9.17, 15) is 5.11 Å². The molecule has 0 saturated carbocycles. The number of methoxy groups -OCH3 is 1. The van der Waals surface area contributed by atoms with Gasteiger partial charge in [0, 0.05) is 24.2 Å². The summed E-state index contributed by atoms with van der Waals surface area (Å²) in [5, 5.41) is 12.4. The highest BCUT2D eigenvalue weighted by Crippen LogP contribution is 2.32. The summed E-state index contributed by atoms with van der Waals surface area (Å²) in [5.41, 5.74) is 2.98. The summed E-state index contributed by atoms with van der Waals surface area (Å²) in [7, 11) is 1.59. The van der Waals surface area contributed by atoms with Crippen LogP contribution in [-0.4, -0.2) is 66.1 Å². The zero-order valence-electron chi connectivity index (χ0n) is 19.0. The maximum absolute atomic E-state index is 9.72. The van der Waals surface area contributed by atoms with E-state index in [4.69, 9.17) is 29.3 Å². The zero-order valence-corrected chi connectivity index (χ0v) is 19.0. The Bertz CT molecular complexity index is 1140. The molecule has 33 heavy (non-hydrogen) atoms. The predicted octanol–water partition coefficient (Wildman–Crippen LogP) is 2.95. The fourth-order valence-electron chi connectivity index (χ4n) is 4.33. The lowest BCUT2D eigenvalue weighted by Crippen LogP contribution is -2.44. The van der Waals surface area contributed by atoms with E-state index in [1.165, 1.54) is 0 Å². The molecule has 4 heterocycles. The van der Waals surface area contributed by atoms with E-state index in [0.717, 1.165) is 48.4 Å². The third kappa shape index (κ3) is 4.31. The molecule has 5 rings (SSSR count). The van der Waals surface area contributed by atoms with Crippen molar-refractivity contribution in [1.29, 1.82) is 0 Å². The molecular weight excluding hydrogens is 422 g/mol. The summed E-state index contributed by atoms with van der Waals surface area (Å²) in [6, 6.07) is 9.88. The van der Waals surface area contributed by atoms with Crippen LogP contribution < -0.4 is 14.7 Å². The van der Waals surface area contributed by atoms with Crippen LogP contribution in [0.25, 0.3) is 22.3 Å². The van der Waals surface area contributed by atoms with Crippen molar-refractivity contribution in [2.75, 3.05) is 50.0 Å². The number of anilines is 2. The molecular formula is C24H29N5O4. The van der Waals surface area contributed by atoms with Crippen LogP contribution in [0.15, 0.2) is 30.3 Å². The SMILES string of the molecule is COc1ccc(-c2ccc3c(N4CCOC[C@@H]4C)nc(N4CCCCO4)nc3n2)cc1CO. The molecule has 2 aromatic heterocycles. The number of hydroxylamine groups is 1. The van der Waals surface area contributed by atoms with Crippen LogP contribution in [0.1, 0.15) is 25.3 Å². The van der Waals surface area contributed by atoms with Gasteiger partial charge < -0.3 is 19.5 Å². The van der Waals surface area contributed by atoms with E-state index in [-0.39, 0.29) is 12.6 Å². The molecule has 9 heteroatoms. The van der Waals surface area contributed by atoms with Crippen LogP contribution in [0, 0.1) is 0 Å². The number of rotatable bonds is 5. The van der Waals surface area contributed by atoms with E-state index >= 15 is 0 Å². The van der Waals surface area contributed by atoms with Gasteiger partial charge in [0.05, 0.1) is 50.7 Å². The summed E-state index contributed by atoms with van der Waals surface area (Å²) in [6.07, 6.45) is 2.07. The largest absolute Gasteiger partial charge is 0.496 e. The highest BCUT2D eigenvalue weighted by Gasteiger charge is 2.26. The summed E-state index contributed by atoms with van der Waals surface area (Å²) in [5.74, 6) is 2.04. The lowest BCUT2D eigenvalue weighted by molar-refractivity contribution is 0.0743. The number of aliphatic hydroxyl groups excluding tert-OH is 1. The normalized spacial score (nSPS) is 19.2. The fourth-order valence-corrected chi connectivity index (χ4v) is 4.33. The highest BCUT2D eigenvalue weighted by molar-refractivity contribution is 5.90. The molecule has 0 aliphatic carbocycles. The first-order chi connectivity index (χ1) is 16.2. The summed E-state index contributed by atoms with van der Waals surface area (Å²) in [6.45, 7) is 5.51. The van der Waals surface area contributed by atoms with E-state index in [1.807, 2.05) is 30.3 Å². The Kier molecular flexibility index (Phi) is 6.26. The van der Waals surface area contributed by atoms with Gasteiger partial charge in [-0.3, -0.25) is 4.84 Å². The van der Waals surface area contributed by atoms with Crippen molar-refractivity contribution in [1.82, 2.24) is 15.0 Å². The van der Waals surface area contributed by atoms with Crippen molar-refractivity contribution in [2.24, 2.45) is 0 Å². The van der Waals surface area contributed by atoms with E-state index in [0.29, 0.717) is 42.7 Å². The number of benzene rings is 1. The van der Waals surface area contributed by atoms with E-state index < -0.39 is 0 Å². The molecule has 2 fully saturated rings. The minimum atomic E-state index is -0.109. The van der Waals surface area contributed by atoms with Crippen molar-refractivity contribution in [3.63, 3.8) is 0 Å². The van der Waals surface area contributed by atoms with Crippen LogP contribution in [0.3, 0.4) is 0 Å². The lowest BCUT2D eigenvalue weighted by atomic mass is 10.1. The Hall–Kier alpha value is -3.01. The number of aromatic nitrogens is 3. The number of hydrogen-bond donors (Lipinski definition) is 1. The molecule has 9 nitrogen and oxygen atoms in total. The van der Waals surface area contributed by atoms with Gasteiger partial charge in [-0.25, -0.2) is 10.0 Å². The second-order valence-electron chi connectivity index (χ2n) is 8.36. The van der Waals surface area contributed by atoms with Crippen molar-refractivity contribution < 1.29 is 19.4 Å². The fraction of sp³-hybridized carbons (Fsp3) is 0.458. The first kappa shape index (κ1) is 21.8.